The molecule has 5 heteroatoms. The van der Waals surface area contributed by atoms with E-state index in [2.05, 4.69) is 50.7 Å². The monoisotopic (exact) mass is 422 g/mol. The molecule has 1 N–H and O–H groups in total. The van der Waals surface area contributed by atoms with E-state index in [4.69, 9.17) is 4.74 Å². The number of aliphatic hydroxyl groups is 1. The lowest BCUT2D eigenvalue weighted by atomic mass is 10.1. The predicted molar refractivity (Wildman–Crippen MR) is 122 cm³/mol. The van der Waals surface area contributed by atoms with E-state index in [-0.39, 0.29) is 13.2 Å². The number of hydrogen-bond donors (Lipinski definition) is 1. The number of ether oxygens (including phenoxy) is 2. The Morgan fingerprint density at radius 2 is 1.20 bits per heavy atom. The first kappa shape index (κ1) is 27.9. The third kappa shape index (κ3) is 17.9. The van der Waals surface area contributed by atoms with E-state index in [1.165, 1.54) is 29.7 Å². The molecule has 5 nitrogen and oxygen atoms in total. The summed E-state index contributed by atoms with van der Waals surface area (Å²) in [4.78, 5) is 22.4. The van der Waals surface area contributed by atoms with Crippen molar-refractivity contribution in [2.24, 2.45) is 0 Å². The Kier molecular flexibility index (Phi) is 15.4. The van der Waals surface area contributed by atoms with Crippen molar-refractivity contribution < 1.29 is 24.2 Å². The number of aliphatic hydroxyl groups excluding tert-OH is 1. The highest BCUT2D eigenvalue weighted by atomic mass is 16.6. The standard InChI is InChI=1S/C25H40O5/c1-19(2)10-7-11-20(3)12-8-13-21(4)14-9-15-22(5)16-25(28)30-18-24(27)17-29-23(6)26/h10,12,14,16,24,27H,7-9,11,13,15,17-18H2,1-6H3/b20-12+,21-14+,22-16-/t24-/m0/s1/i5+1,22+1. The van der Waals surface area contributed by atoms with Gasteiger partial charge in [0, 0.05) is 13.0 Å². The van der Waals surface area contributed by atoms with E-state index in [9.17, 15) is 14.7 Å². The van der Waals surface area contributed by atoms with E-state index >= 15 is 0 Å². The molecule has 0 heterocycles. The van der Waals surface area contributed by atoms with Crippen LogP contribution in [0, 0.1) is 0 Å². The number of carbonyl (C=O) groups is 2. The van der Waals surface area contributed by atoms with E-state index in [1.807, 2.05) is 6.92 Å². The fraction of sp³-hybridized carbons (Fsp3) is 0.600. The maximum atomic E-state index is 11.8. The van der Waals surface area contributed by atoms with Crippen molar-refractivity contribution in [3.8, 4) is 0 Å². The molecule has 0 rings (SSSR count). The van der Waals surface area contributed by atoms with Gasteiger partial charge in [0.05, 0.1) is 0 Å². The largest absolute Gasteiger partial charge is 0.463 e. The van der Waals surface area contributed by atoms with Crippen LogP contribution in [0.1, 0.15) is 80.1 Å². The fourth-order valence-corrected chi connectivity index (χ4v) is 2.64. The molecule has 170 valence electrons. The second-order valence-corrected chi connectivity index (χ2v) is 8.08. The van der Waals surface area contributed by atoms with Crippen LogP contribution in [0.2, 0.25) is 0 Å². The Morgan fingerprint density at radius 1 is 0.733 bits per heavy atom. The normalized spacial score (nSPS) is 13.6. The van der Waals surface area contributed by atoms with Gasteiger partial charge >= 0.3 is 11.9 Å². The zero-order valence-electron chi connectivity index (χ0n) is 19.6. The summed E-state index contributed by atoms with van der Waals surface area (Å²) in [5.74, 6) is -0.978. The summed E-state index contributed by atoms with van der Waals surface area (Å²) in [6.07, 6.45) is 13.2. The smallest absolute Gasteiger partial charge is 0.330 e. The molecule has 0 aromatic rings. The first-order valence-corrected chi connectivity index (χ1v) is 10.7. The van der Waals surface area contributed by atoms with Gasteiger partial charge in [0.2, 0.25) is 0 Å². The van der Waals surface area contributed by atoms with Crippen molar-refractivity contribution in [1.29, 1.82) is 0 Å². The van der Waals surface area contributed by atoms with Gasteiger partial charge in [0.15, 0.2) is 0 Å². The predicted octanol–water partition coefficient (Wildman–Crippen LogP) is 5.60. The Morgan fingerprint density at radius 3 is 1.70 bits per heavy atom. The van der Waals surface area contributed by atoms with Crippen LogP contribution in [0.15, 0.2) is 46.6 Å². The highest BCUT2D eigenvalue weighted by Gasteiger charge is 2.09. The summed E-state index contributed by atoms with van der Waals surface area (Å²) in [6.45, 7) is 11.4. The number of allylic oxidation sites excluding steroid dienone is 7. The molecule has 0 aromatic heterocycles. The van der Waals surface area contributed by atoms with E-state index in [0.717, 1.165) is 44.1 Å². The molecule has 0 aliphatic rings. The van der Waals surface area contributed by atoms with Crippen LogP contribution in [0.3, 0.4) is 0 Å². The summed E-state index contributed by atoms with van der Waals surface area (Å²) in [6, 6.07) is 0. The van der Waals surface area contributed by atoms with E-state index < -0.39 is 18.0 Å². The highest BCUT2D eigenvalue weighted by Crippen LogP contribution is 2.13. The number of rotatable bonds is 14. The van der Waals surface area contributed by atoms with Crippen LogP contribution in [-0.2, 0) is 19.1 Å². The zero-order valence-corrected chi connectivity index (χ0v) is 19.6. The van der Waals surface area contributed by atoms with Crippen LogP contribution in [0.4, 0.5) is 0 Å². The SMILES string of the molecule is CC(=O)OC[C@H](O)COC(=O)/C=[13C](/[13CH3])CC/C=C(\C)CC/C=C(\C)CCC=C(C)C. The molecular formula is C25H40O5. The molecule has 30 heavy (non-hydrogen) atoms. The van der Waals surface area contributed by atoms with Crippen LogP contribution in [0.5, 0.6) is 0 Å². The number of hydrogen-bond acceptors (Lipinski definition) is 5. The van der Waals surface area contributed by atoms with Gasteiger partial charge in [-0.1, -0.05) is 40.5 Å². The number of esters is 2. The van der Waals surface area contributed by atoms with E-state index in [1.54, 1.807) is 0 Å². The summed E-state index contributed by atoms with van der Waals surface area (Å²) in [7, 11) is 0. The molecule has 0 spiro atoms. The third-order valence-electron chi connectivity index (χ3n) is 4.42. The number of carbonyl (C=O) groups excluding carboxylic acids is 2. The highest BCUT2D eigenvalue weighted by molar-refractivity contribution is 5.82. The van der Waals surface area contributed by atoms with Crippen molar-refractivity contribution in [2.75, 3.05) is 13.2 Å². The molecule has 0 aromatic carbocycles. The lowest BCUT2D eigenvalue weighted by Crippen LogP contribution is -2.24. The fourth-order valence-electron chi connectivity index (χ4n) is 2.64. The van der Waals surface area contributed by atoms with Gasteiger partial charge in [-0.15, -0.1) is 0 Å². The Bertz CT molecular complexity index is 648. The molecule has 1 atom stereocenters. The van der Waals surface area contributed by atoms with Gasteiger partial charge in [-0.25, -0.2) is 4.79 Å². The van der Waals surface area contributed by atoms with Crippen molar-refractivity contribution in [2.45, 2.75) is 86.2 Å². The van der Waals surface area contributed by atoms with Crippen molar-refractivity contribution in [3.05, 3.63) is 46.6 Å². The minimum Gasteiger partial charge on any atom is -0.463 e. The lowest BCUT2D eigenvalue weighted by molar-refractivity contribution is -0.148. The van der Waals surface area contributed by atoms with Gasteiger partial charge in [-0.2, -0.15) is 0 Å². The average Bonchev–Trinajstić information content (AvgIpc) is 2.64. The van der Waals surface area contributed by atoms with Crippen LogP contribution in [-0.4, -0.2) is 36.4 Å². The maximum Gasteiger partial charge on any atom is 0.330 e. The molecule has 0 amide bonds. The zero-order chi connectivity index (χ0) is 22.9. The topological polar surface area (TPSA) is 72.8 Å². The van der Waals surface area contributed by atoms with E-state index in [0.29, 0.717) is 0 Å². The van der Waals surface area contributed by atoms with Crippen molar-refractivity contribution in [3.63, 3.8) is 0 Å². The molecular weight excluding hydrogens is 382 g/mol. The van der Waals surface area contributed by atoms with Gasteiger partial charge in [0.1, 0.15) is 19.3 Å². The quantitative estimate of drug-likeness (QED) is 0.171. The van der Waals surface area contributed by atoms with Crippen LogP contribution in [0.25, 0.3) is 0 Å². The minimum absolute atomic E-state index is 0.181. The molecule has 0 radical (unpaired) electrons. The minimum atomic E-state index is -1.01. The Balaban J connectivity index is 4.14. The maximum absolute atomic E-state index is 11.8. The lowest BCUT2D eigenvalue weighted by Gasteiger charge is -2.10. The summed E-state index contributed by atoms with van der Waals surface area (Å²) >= 11 is 0. The molecule has 0 fully saturated rings. The average molecular weight is 423 g/mol. The first-order chi connectivity index (χ1) is 14.1. The first-order valence-electron chi connectivity index (χ1n) is 10.7. The van der Waals surface area contributed by atoms with Gasteiger partial charge in [0.25, 0.3) is 0 Å². The molecule has 0 aliphatic heterocycles. The molecule has 0 unspecified atom stereocenters. The third-order valence-corrected chi connectivity index (χ3v) is 4.42. The Labute approximate surface area is 182 Å². The molecule has 0 bridgehead atoms. The van der Waals surface area contributed by atoms with Crippen LogP contribution >= 0.6 is 0 Å². The summed E-state index contributed by atoms with van der Waals surface area (Å²) in [5, 5.41) is 9.56. The molecule has 0 saturated heterocycles. The Hall–Kier alpha value is -2.14. The second kappa shape index (κ2) is 16.6. The van der Waals surface area contributed by atoms with Gasteiger partial charge in [-0.05, 0) is 73.1 Å². The molecule has 0 aliphatic carbocycles. The second-order valence-electron chi connectivity index (χ2n) is 8.08. The van der Waals surface area contributed by atoms with Gasteiger partial charge < -0.3 is 14.6 Å². The molecule has 0 saturated carbocycles. The van der Waals surface area contributed by atoms with Crippen molar-refractivity contribution >= 4 is 11.9 Å². The summed E-state index contributed by atoms with van der Waals surface area (Å²) in [5.41, 5.74) is 5.09. The van der Waals surface area contributed by atoms with Gasteiger partial charge in [-0.3, -0.25) is 4.79 Å². The van der Waals surface area contributed by atoms with Crippen LogP contribution < -0.4 is 0 Å². The summed E-state index contributed by atoms with van der Waals surface area (Å²) < 4.78 is 9.62. The van der Waals surface area contributed by atoms with Crippen molar-refractivity contribution in [1.82, 2.24) is 0 Å².